The predicted molar refractivity (Wildman–Crippen MR) is 117 cm³/mol. The monoisotopic (exact) mass is 418 g/mol. The van der Waals surface area contributed by atoms with Gasteiger partial charge in [-0.2, -0.15) is 0 Å². The number of esters is 1. The smallest absolute Gasteiger partial charge is 0.341 e. The first-order valence-corrected chi connectivity index (χ1v) is 12.0. The van der Waals surface area contributed by atoms with Gasteiger partial charge in [-0.25, -0.2) is 4.79 Å². The number of fused-ring (bicyclic) bond motifs is 1. The van der Waals surface area contributed by atoms with E-state index in [0.717, 1.165) is 52.7 Å². The molecule has 5 aliphatic rings. The molecule has 4 saturated carbocycles. The number of methoxy groups -OCH3 is 1. The minimum atomic E-state index is -0.234. The zero-order chi connectivity index (χ0) is 19.5. The number of hydrogen-bond donors (Lipinski definition) is 1. The molecule has 0 radical (unpaired) electrons. The van der Waals surface area contributed by atoms with Crippen LogP contribution >= 0.6 is 23.6 Å². The van der Waals surface area contributed by atoms with Gasteiger partial charge in [-0.05, 0) is 99.7 Å². The summed E-state index contributed by atoms with van der Waals surface area (Å²) in [5.74, 6) is 2.42. The second-order valence-electron chi connectivity index (χ2n) is 9.54. The van der Waals surface area contributed by atoms with Crippen molar-refractivity contribution in [3.05, 3.63) is 16.0 Å². The summed E-state index contributed by atoms with van der Waals surface area (Å²) < 4.78 is 5.11. The Bertz CT molecular complexity index is 780. The fourth-order valence-electron chi connectivity index (χ4n) is 6.84. The Morgan fingerprint density at radius 3 is 2.36 bits per heavy atom. The molecule has 6 rings (SSSR count). The number of thiocarbonyl (C=S) groups is 1. The molecule has 0 aromatic carbocycles. The van der Waals surface area contributed by atoms with Gasteiger partial charge in [0.05, 0.1) is 12.7 Å². The maximum absolute atomic E-state index is 12.5. The molecule has 4 bridgehead atoms. The van der Waals surface area contributed by atoms with Crippen LogP contribution in [-0.4, -0.2) is 35.7 Å². The van der Waals surface area contributed by atoms with Crippen molar-refractivity contribution >= 4 is 39.6 Å². The van der Waals surface area contributed by atoms with Crippen LogP contribution < -0.4 is 5.32 Å². The van der Waals surface area contributed by atoms with Crippen LogP contribution in [0.15, 0.2) is 0 Å². The fourth-order valence-corrected chi connectivity index (χ4v) is 8.48. The summed E-state index contributed by atoms with van der Waals surface area (Å²) in [6.07, 6.45) is 12.5. The van der Waals surface area contributed by atoms with Crippen molar-refractivity contribution in [2.75, 3.05) is 19.5 Å². The van der Waals surface area contributed by atoms with Crippen LogP contribution in [0, 0.1) is 17.8 Å². The highest BCUT2D eigenvalue weighted by molar-refractivity contribution is 7.80. The molecule has 152 valence electrons. The first-order valence-electron chi connectivity index (χ1n) is 10.8. The zero-order valence-corrected chi connectivity index (χ0v) is 18.5. The number of nitrogens with one attached hydrogen (secondary N) is 1. The molecule has 4 fully saturated rings. The van der Waals surface area contributed by atoms with Gasteiger partial charge >= 0.3 is 5.97 Å². The van der Waals surface area contributed by atoms with Crippen molar-refractivity contribution in [3.63, 3.8) is 0 Å². The number of anilines is 1. The second-order valence-corrected chi connectivity index (χ2v) is 11.0. The van der Waals surface area contributed by atoms with Gasteiger partial charge in [0.2, 0.25) is 0 Å². The van der Waals surface area contributed by atoms with E-state index >= 15 is 0 Å². The molecule has 1 N–H and O–H groups in total. The Kier molecular flexibility index (Phi) is 4.70. The van der Waals surface area contributed by atoms with E-state index in [1.807, 2.05) is 0 Å². The van der Waals surface area contributed by atoms with Crippen molar-refractivity contribution in [1.82, 2.24) is 4.90 Å². The first kappa shape index (κ1) is 18.9. The fraction of sp³-hybridized carbons (Fsp3) is 0.727. The van der Waals surface area contributed by atoms with Crippen molar-refractivity contribution in [3.8, 4) is 0 Å². The molecule has 0 aliphatic heterocycles. The van der Waals surface area contributed by atoms with Crippen LogP contribution in [-0.2, 0) is 17.6 Å². The minimum absolute atomic E-state index is 0.223. The summed E-state index contributed by atoms with van der Waals surface area (Å²) in [5, 5.41) is 5.14. The van der Waals surface area contributed by atoms with Crippen molar-refractivity contribution in [1.29, 1.82) is 0 Å². The molecule has 6 heteroatoms. The lowest BCUT2D eigenvalue weighted by Crippen LogP contribution is -2.60. The van der Waals surface area contributed by atoms with Gasteiger partial charge in [0.1, 0.15) is 5.00 Å². The van der Waals surface area contributed by atoms with Gasteiger partial charge in [0, 0.05) is 17.5 Å². The number of carbonyl (C=O) groups is 1. The maximum atomic E-state index is 12.5. The number of ether oxygens (including phenoxy) is 1. The Balaban J connectivity index is 1.40. The van der Waals surface area contributed by atoms with Crippen molar-refractivity contribution in [2.45, 2.75) is 69.7 Å². The largest absolute Gasteiger partial charge is 0.465 e. The third-order valence-corrected chi connectivity index (χ3v) is 9.39. The summed E-state index contributed by atoms with van der Waals surface area (Å²) >= 11 is 7.59. The summed E-state index contributed by atoms with van der Waals surface area (Å²) in [6, 6.07) is 0. The van der Waals surface area contributed by atoms with E-state index in [9.17, 15) is 4.79 Å². The van der Waals surface area contributed by atoms with Gasteiger partial charge in [0.15, 0.2) is 5.11 Å². The lowest BCUT2D eigenvalue weighted by Gasteiger charge is -2.60. The number of rotatable bonds is 3. The molecule has 0 amide bonds. The SMILES string of the molecule is COC(=O)c1c(NC(=S)N(C)C23CC4CC(CC(C4)C2)C3)sc2c1CCCC2. The summed E-state index contributed by atoms with van der Waals surface area (Å²) in [5.41, 5.74) is 2.13. The molecule has 0 unspecified atom stereocenters. The van der Waals surface area contributed by atoms with Crippen LogP contribution in [0.2, 0.25) is 0 Å². The standard InChI is InChI=1S/C22H30N2O2S2/c1-24(22-10-13-7-14(11-22)9-15(8-13)12-22)21(27)23-19-18(20(25)26-2)16-5-3-4-6-17(16)28-19/h13-15H,3-12H2,1-2H3,(H,23,27). The van der Waals surface area contributed by atoms with Crippen LogP contribution in [0.3, 0.4) is 0 Å². The Hall–Kier alpha value is -1.14. The third-order valence-electron chi connectivity index (χ3n) is 7.80. The van der Waals surface area contributed by atoms with Crippen LogP contribution in [0.25, 0.3) is 0 Å². The summed E-state index contributed by atoms with van der Waals surface area (Å²) in [4.78, 5) is 16.2. The topological polar surface area (TPSA) is 41.6 Å². The van der Waals surface area contributed by atoms with E-state index in [4.69, 9.17) is 17.0 Å². The molecule has 1 heterocycles. The van der Waals surface area contributed by atoms with Crippen LogP contribution in [0.1, 0.15) is 72.2 Å². The average Bonchev–Trinajstić information content (AvgIpc) is 3.03. The van der Waals surface area contributed by atoms with E-state index in [1.54, 1.807) is 11.3 Å². The summed E-state index contributed by atoms with van der Waals surface area (Å²) in [6.45, 7) is 0. The van der Waals surface area contributed by atoms with E-state index < -0.39 is 0 Å². The molecule has 5 aliphatic carbocycles. The molecule has 0 saturated heterocycles. The zero-order valence-electron chi connectivity index (χ0n) is 16.9. The highest BCUT2D eigenvalue weighted by Crippen LogP contribution is 2.57. The first-order chi connectivity index (χ1) is 13.5. The lowest BCUT2D eigenvalue weighted by atomic mass is 9.52. The third kappa shape index (κ3) is 2.98. The Labute approximate surface area is 177 Å². The van der Waals surface area contributed by atoms with Gasteiger partial charge < -0.3 is 15.0 Å². The average molecular weight is 419 g/mol. The number of nitrogens with zero attached hydrogens (tertiary/aromatic N) is 1. The van der Waals surface area contributed by atoms with Gasteiger partial charge in [-0.3, -0.25) is 0 Å². The summed E-state index contributed by atoms with van der Waals surface area (Å²) in [7, 11) is 3.65. The highest BCUT2D eigenvalue weighted by Gasteiger charge is 2.53. The van der Waals surface area contributed by atoms with E-state index in [1.165, 1.54) is 62.5 Å². The normalized spacial score (nSPS) is 32.7. The molecule has 1 aromatic heterocycles. The molecule has 0 spiro atoms. The molecule has 1 aromatic rings. The number of aryl methyl sites for hydroxylation is 1. The molecular weight excluding hydrogens is 388 g/mol. The number of carbonyl (C=O) groups excluding carboxylic acids is 1. The minimum Gasteiger partial charge on any atom is -0.465 e. The van der Waals surface area contributed by atoms with Gasteiger partial charge in [-0.15, -0.1) is 11.3 Å². The Morgan fingerprint density at radius 1 is 1.14 bits per heavy atom. The van der Waals surface area contributed by atoms with E-state index in [0.29, 0.717) is 0 Å². The predicted octanol–water partition coefficient (Wildman–Crippen LogP) is 5.01. The van der Waals surface area contributed by atoms with Crippen LogP contribution in [0.4, 0.5) is 5.00 Å². The van der Waals surface area contributed by atoms with Crippen molar-refractivity contribution < 1.29 is 9.53 Å². The molecule has 4 nitrogen and oxygen atoms in total. The van der Waals surface area contributed by atoms with Crippen LogP contribution in [0.5, 0.6) is 0 Å². The maximum Gasteiger partial charge on any atom is 0.341 e. The molecule has 0 atom stereocenters. The number of thiophene rings is 1. The second kappa shape index (κ2) is 6.98. The van der Waals surface area contributed by atoms with Gasteiger partial charge in [0.25, 0.3) is 0 Å². The van der Waals surface area contributed by atoms with E-state index in [2.05, 4.69) is 17.3 Å². The quantitative estimate of drug-likeness (QED) is 0.552. The van der Waals surface area contributed by atoms with Crippen molar-refractivity contribution in [2.24, 2.45) is 17.8 Å². The highest BCUT2D eigenvalue weighted by atomic mass is 32.1. The van der Waals surface area contributed by atoms with Gasteiger partial charge in [-0.1, -0.05) is 0 Å². The molecule has 28 heavy (non-hydrogen) atoms. The van der Waals surface area contributed by atoms with E-state index in [-0.39, 0.29) is 11.5 Å². The Morgan fingerprint density at radius 2 is 1.75 bits per heavy atom. The lowest BCUT2D eigenvalue weighted by molar-refractivity contribution is -0.0538. The molecular formula is C22H30N2O2S2. The number of hydrogen-bond acceptors (Lipinski definition) is 4.